The number of methoxy groups -OCH3 is 1. The number of hydrogen-bond acceptors (Lipinski definition) is 7. The number of aliphatic hydroxyl groups is 1. The molecule has 2 aromatic heterocycles. The Morgan fingerprint density at radius 2 is 2.00 bits per heavy atom. The van der Waals surface area contributed by atoms with Gasteiger partial charge in [-0.3, -0.25) is 4.57 Å². The van der Waals surface area contributed by atoms with Gasteiger partial charge in [-0.05, 0) is 36.4 Å². The van der Waals surface area contributed by atoms with Gasteiger partial charge in [-0.25, -0.2) is 4.98 Å². The number of nitrogens with zero attached hydrogens (tertiary/aromatic N) is 5. The van der Waals surface area contributed by atoms with Gasteiger partial charge in [-0.2, -0.15) is 5.26 Å². The number of nitriles is 1. The molecule has 2 heterocycles. The molecule has 0 unspecified atom stereocenters. The molecule has 2 aromatic carbocycles. The van der Waals surface area contributed by atoms with E-state index in [0.717, 1.165) is 16.6 Å². The van der Waals surface area contributed by atoms with Crippen molar-refractivity contribution in [3.05, 3.63) is 65.1 Å². The lowest BCUT2D eigenvalue weighted by molar-refractivity contribution is 0.185. The predicted octanol–water partition coefficient (Wildman–Crippen LogP) is 4.71. The van der Waals surface area contributed by atoms with Gasteiger partial charge in [0.25, 0.3) is 0 Å². The molecule has 0 radical (unpaired) electrons. The van der Waals surface area contributed by atoms with Crippen LogP contribution in [0.3, 0.4) is 0 Å². The third kappa shape index (κ3) is 4.62. The normalized spacial score (nSPS) is 12.0. The van der Waals surface area contributed by atoms with Gasteiger partial charge in [0.2, 0.25) is 0 Å². The highest BCUT2D eigenvalue weighted by Gasteiger charge is 2.18. The Kier molecular flexibility index (Phi) is 6.75. The number of thioether (sulfide) groups is 1. The van der Waals surface area contributed by atoms with Crippen molar-refractivity contribution < 1.29 is 9.84 Å². The average molecular weight is 467 g/mol. The number of fused-ring (bicyclic) bond motifs is 1. The number of imidazole rings is 1. The summed E-state index contributed by atoms with van der Waals surface area (Å²) < 4.78 is 7.14. The molecule has 162 valence electrons. The van der Waals surface area contributed by atoms with E-state index in [1.54, 1.807) is 19.2 Å². The minimum Gasteiger partial charge on any atom is -0.510 e. The highest BCUT2D eigenvalue weighted by Crippen LogP contribution is 2.27. The molecule has 0 atom stereocenters. The minimum atomic E-state index is -0.0918. The molecule has 4 aromatic rings. The van der Waals surface area contributed by atoms with E-state index in [1.165, 1.54) is 11.8 Å². The Hall–Kier alpha value is -3.32. The maximum absolute atomic E-state index is 10.6. The van der Waals surface area contributed by atoms with Gasteiger partial charge in [0, 0.05) is 17.7 Å². The molecule has 2 N–H and O–H groups in total. The van der Waals surface area contributed by atoms with Crippen LogP contribution in [-0.2, 0) is 11.3 Å². The fourth-order valence-electron chi connectivity index (χ4n) is 3.12. The molecule has 0 amide bonds. The Bertz CT molecular complexity index is 1270. The number of H-pyrrole nitrogens is 1. The van der Waals surface area contributed by atoms with Crippen LogP contribution < -0.4 is 0 Å². The minimum absolute atomic E-state index is 0.0918. The van der Waals surface area contributed by atoms with Gasteiger partial charge in [-0.15, -0.1) is 10.2 Å². The second-order valence-corrected chi connectivity index (χ2v) is 8.16. The summed E-state index contributed by atoms with van der Waals surface area (Å²) in [5.41, 5.74) is 2.48. The van der Waals surface area contributed by atoms with E-state index in [2.05, 4.69) is 20.2 Å². The molecular weight excluding hydrogens is 448 g/mol. The number of para-hydroxylation sites is 2. The van der Waals surface area contributed by atoms with Gasteiger partial charge in [0.15, 0.2) is 16.8 Å². The molecule has 8 nitrogen and oxygen atoms in total. The maximum Gasteiger partial charge on any atom is 0.192 e. The molecule has 0 aliphatic carbocycles. The van der Waals surface area contributed by atoms with E-state index >= 15 is 0 Å². The monoisotopic (exact) mass is 466 g/mol. The Morgan fingerprint density at radius 3 is 2.72 bits per heavy atom. The zero-order chi connectivity index (χ0) is 22.5. The molecule has 0 aliphatic rings. The quantitative estimate of drug-likeness (QED) is 0.220. The summed E-state index contributed by atoms with van der Waals surface area (Å²) in [7, 11) is 1.63. The zero-order valence-corrected chi connectivity index (χ0v) is 18.7. The summed E-state index contributed by atoms with van der Waals surface area (Å²) in [6.07, 6.45) is 0. The van der Waals surface area contributed by atoms with Crippen LogP contribution in [0.15, 0.2) is 59.4 Å². The number of rotatable bonds is 8. The number of aromatic amines is 1. The first-order chi connectivity index (χ1) is 15.6. The van der Waals surface area contributed by atoms with Crippen LogP contribution in [0.4, 0.5) is 0 Å². The summed E-state index contributed by atoms with van der Waals surface area (Å²) in [4.78, 5) is 7.48. The van der Waals surface area contributed by atoms with E-state index in [-0.39, 0.29) is 17.1 Å². The van der Waals surface area contributed by atoms with Crippen LogP contribution in [0.25, 0.3) is 28.0 Å². The Morgan fingerprint density at radius 1 is 1.22 bits per heavy atom. The summed E-state index contributed by atoms with van der Waals surface area (Å²) >= 11 is 7.27. The average Bonchev–Trinajstić information content (AvgIpc) is 3.41. The van der Waals surface area contributed by atoms with Crippen LogP contribution in [-0.4, -0.2) is 49.3 Å². The van der Waals surface area contributed by atoms with Crippen LogP contribution in [0.1, 0.15) is 5.82 Å². The fraction of sp³-hybridized carbons (Fsp3) is 0.182. The maximum atomic E-state index is 10.6. The van der Waals surface area contributed by atoms with Gasteiger partial charge >= 0.3 is 0 Å². The molecule has 0 spiro atoms. The molecule has 0 bridgehead atoms. The van der Waals surface area contributed by atoms with Crippen molar-refractivity contribution in [2.45, 2.75) is 11.7 Å². The highest BCUT2D eigenvalue weighted by atomic mass is 35.5. The Labute approximate surface area is 193 Å². The Balaban J connectivity index is 1.60. The molecule has 4 rings (SSSR count). The van der Waals surface area contributed by atoms with Crippen molar-refractivity contribution >= 4 is 40.0 Å². The summed E-state index contributed by atoms with van der Waals surface area (Å²) in [5.74, 6) is 1.04. The van der Waals surface area contributed by atoms with Crippen molar-refractivity contribution in [1.29, 1.82) is 5.26 Å². The lowest BCUT2D eigenvalue weighted by Crippen LogP contribution is -2.08. The number of hydrogen-bond donors (Lipinski definition) is 2. The van der Waals surface area contributed by atoms with Gasteiger partial charge in [-0.1, -0.05) is 35.5 Å². The van der Waals surface area contributed by atoms with Gasteiger partial charge in [0.1, 0.15) is 17.4 Å². The van der Waals surface area contributed by atoms with Crippen molar-refractivity contribution in [2.24, 2.45) is 0 Å². The summed E-state index contributed by atoms with van der Waals surface area (Å²) in [6.45, 7) is 0.999. The molecule has 0 aliphatic heterocycles. The topological polar surface area (TPSA) is 113 Å². The number of allylic oxidation sites excluding steroid dienone is 1. The van der Waals surface area contributed by atoms with Crippen molar-refractivity contribution in [3.63, 3.8) is 0 Å². The van der Waals surface area contributed by atoms with Crippen molar-refractivity contribution in [1.82, 2.24) is 24.7 Å². The molecular formula is C22H19ClN6O2S. The lowest BCUT2D eigenvalue weighted by atomic mass is 10.2. The number of aromatic nitrogens is 5. The number of benzene rings is 2. The smallest absolute Gasteiger partial charge is 0.192 e. The molecule has 0 saturated heterocycles. The van der Waals surface area contributed by atoms with Crippen LogP contribution in [0.2, 0.25) is 5.02 Å². The fourth-order valence-corrected chi connectivity index (χ4v) is 4.09. The van der Waals surface area contributed by atoms with Crippen molar-refractivity contribution in [2.75, 3.05) is 19.5 Å². The number of halogens is 1. The predicted molar refractivity (Wildman–Crippen MR) is 124 cm³/mol. The van der Waals surface area contributed by atoms with Gasteiger partial charge in [0.05, 0.1) is 29.9 Å². The summed E-state index contributed by atoms with van der Waals surface area (Å²) in [6, 6.07) is 16.8. The lowest BCUT2D eigenvalue weighted by Gasteiger charge is -2.10. The van der Waals surface area contributed by atoms with E-state index in [0.29, 0.717) is 35.0 Å². The van der Waals surface area contributed by atoms with E-state index < -0.39 is 0 Å². The standard InChI is InChI=1S/C22H19ClN6O2S/c1-31-11-10-29-21(14-6-8-15(23)9-7-14)27-28-22(29)32-13-19(30)16(12-24)20-25-17-4-2-3-5-18(17)26-20/h2-9,30H,10-11,13H2,1H3,(H,25,26). The molecule has 0 saturated carbocycles. The zero-order valence-electron chi connectivity index (χ0n) is 17.1. The first-order valence-corrected chi connectivity index (χ1v) is 11.0. The molecule has 10 heteroatoms. The van der Waals surface area contributed by atoms with E-state index in [9.17, 15) is 10.4 Å². The third-order valence-corrected chi connectivity index (χ3v) is 5.93. The first kappa shape index (κ1) is 21.9. The highest BCUT2D eigenvalue weighted by molar-refractivity contribution is 7.99. The number of ether oxygens (including phenoxy) is 1. The van der Waals surface area contributed by atoms with Crippen LogP contribution in [0.5, 0.6) is 0 Å². The largest absolute Gasteiger partial charge is 0.510 e. The van der Waals surface area contributed by atoms with E-state index in [1.807, 2.05) is 47.0 Å². The molecule has 0 fully saturated rings. The SMILES string of the molecule is COCCn1c(SCC(O)=C(C#N)c2nc3ccccc3[nH]2)nnc1-c1ccc(Cl)cc1. The number of nitrogens with one attached hydrogen (secondary N) is 1. The summed E-state index contributed by atoms with van der Waals surface area (Å²) in [5, 5.41) is 30.1. The van der Waals surface area contributed by atoms with Gasteiger partial charge < -0.3 is 14.8 Å². The van der Waals surface area contributed by atoms with Crippen LogP contribution >= 0.6 is 23.4 Å². The van der Waals surface area contributed by atoms with E-state index in [4.69, 9.17) is 16.3 Å². The first-order valence-electron chi connectivity index (χ1n) is 9.69. The second kappa shape index (κ2) is 9.87. The third-order valence-electron chi connectivity index (χ3n) is 4.70. The second-order valence-electron chi connectivity index (χ2n) is 6.78. The molecule has 32 heavy (non-hydrogen) atoms. The number of aliphatic hydroxyl groups excluding tert-OH is 1. The van der Waals surface area contributed by atoms with Crippen molar-refractivity contribution in [3.8, 4) is 17.5 Å². The van der Waals surface area contributed by atoms with Crippen LogP contribution in [0, 0.1) is 11.3 Å².